The van der Waals surface area contributed by atoms with Crippen molar-refractivity contribution in [2.45, 2.75) is 57.3 Å². The zero-order chi connectivity index (χ0) is 22.9. The third kappa shape index (κ3) is 6.89. The van der Waals surface area contributed by atoms with Crippen LogP contribution in [0.2, 0.25) is 0 Å². The number of hydrogen-bond acceptors (Lipinski definition) is 5. The van der Waals surface area contributed by atoms with Crippen LogP contribution in [0.1, 0.15) is 43.2 Å². The molecule has 0 aromatic heterocycles. The van der Waals surface area contributed by atoms with Gasteiger partial charge < -0.3 is 24.8 Å². The normalized spacial score (nSPS) is 15.7. The molecule has 176 valence electrons. The third-order valence-corrected chi connectivity index (χ3v) is 6.03. The summed E-state index contributed by atoms with van der Waals surface area (Å²) in [5.41, 5.74) is 1.20. The molecule has 1 saturated carbocycles. The van der Waals surface area contributed by atoms with E-state index < -0.39 is 17.7 Å². The molecule has 0 saturated heterocycles. The van der Waals surface area contributed by atoms with Gasteiger partial charge in [-0.05, 0) is 43.7 Å². The molecule has 0 amide bonds. The Morgan fingerprint density at radius 1 is 1.09 bits per heavy atom. The summed E-state index contributed by atoms with van der Waals surface area (Å²) in [5, 5.41) is 13.5. The Balaban J connectivity index is 1.48. The summed E-state index contributed by atoms with van der Waals surface area (Å²) in [7, 11) is 3.63. The van der Waals surface area contributed by atoms with E-state index in [4.69, 9.17) is 9.47 Å². The van der Waals surface area contributed by atoms with Crippen molar-refractivity contribution in [3.63, 3.8) is 0 Å². The van der Waals surface area contributed by atoms with Crippen molar-refractivity contribution >= 4 is 0 Å². The fraction of sp³-hybridized carbons (Fsp3) is 0.520. The van der Waals surface area contributed by atoms with Crippen molar-refractivity contribution < 1.29 is 23.4 Å². The molecule has 1 aliphatic carbocycles. The molecule has 0 unspecified atom stereocenters. The Morgan fingerprint density at radius 3 is 2.62 bits per heavy atom. The minimum absolute atomic E-state index is 0.184. The van der Waals surface area contributed by atoms with Crippen LogP contribution in [-0.4, -0.2) is 49.5 Å². The van der Waals surface area contributed by atoms with Crippen LogP contribution in [0, 0.1) is 11.6 Å². The van der Waals surface area contributed by atoms with Crippen LogP contribution < -0.4 is 14.8 Å². The minimum Gasteiger partial charge on any atom is -0.493 e. The van der Waals surface area contributed by atoms with E-state index in [1.807, 2.05) is 12.1 Å². The van der Waals surface area contributed by atoms with E-state index in [0.717, 1.165) is 11.6 Å². The van der Waals surface area contributed by atoms with E-state index in [-0.39, 0.29) is 18.7 Å². The lowest BCUT2D eigenvalue weighted by atomic mass is 9.94. The summed E-state index contributed by atoms with van der Waals surface area (Å²) >= 11 is 0. The Hall–Kier alpha value is -2.22. The molecule has 2 N–H and O–H groups in total. The Bertz CT molecular complexity index is 859. The largest absolute Gasteiger partial charge is 0.493 e. The second-order valence-electron chi connectivity index (χ2n) is 8.50. The number of nitrogens with zero attached hydrogens (tertiary/aromatic N) is 1. The maximum atomic E-state index is 13.8. The van der Waals surface area contributed by atoms with Gasteiger partial charge in [0.1, 0.15) is 12.7 Å². The lowest BCUT2D eigenvalue weighted by Crippen LogP contribution is -2.40. The molecular formula is C25H34F2N2O3. The molecule has 1 fully saturated rings. The molecule has 0 heterocycles. The standard InChI is InChI=1S/C25H34F2N2O3/c1-29(20-8-4-3-5-9-20)16-21(30)17-32-23-12-11-18(13-24(23)31-2)14-28-15-19-7-6-10-22(26)25(19)27/h6-7,10-13,20-21,28,30H,3-5,8-9,14-17H2,1-2H3/t21-/m1/s1. The van der Waals surface area contributed by atoms with Crippen LogP contribution in [0.4, 0.5) is 8.78 Å². The fourth-order valence-corrected chi connectivity index (χ4v) is 4.21. The van der Waals surface area contributed by atoms with Crippen molar-refractivity contribution in [2.75, 3.05) is 27.3 Å². The van der Waals surface area contributed by atoms with Crippen molar-refractivity contribution in [3.05, 3.63) is 59.2 Å². The number of aliphatic hydroxyl groups excluding tert-OH is 1. The summed E-state index contributed by atoms with van der Waals surface area (Å²) in [6.07, 6.45) is 5.63. The van der Waals surface area contributed by atoms with E-state index in [1.165, 1.54) is 38.2 Å². The summed E-state index contributed by atoms with van der Waals surface area (Å²) in [6.45, 7) is 1.43. The maximum absolute atomic E-state index is 13.8. The van der Waals surface area contributed by atoms with Crippen molar-refractivity contribution in [1.82, 2.24) is 10.2 Å². The number of ether oxygens (including phenoxy) is 2. The number of benzene rings is 2. The summed E-state index contributed by atoms with van der Waals surface area (Å²) < 4.78 is 38.3. The average molecular weight is 449 g/mol. The molecule has 5 nitrogen and oxygen atoms in total. The van der Waals surface area contributed by atoms with Crippen LogP contribution in [0.15, 0.2) is 36.4 Å². The molecule has 2 aromatic rings. The molecule has 0 spiro atoms. The number of methoxy groups -OCH3 is 1. The topological polar surface area (TPSA) is 54.0 Å². The van der Waals surface area contributed by atoms with E-state index >= 15 is 0 Å². The van der Waals surface area contributed by atoms with Gasteiger partial charge in [0.05, 0.1) is 7.11 Å². The first-order valence-electron chi connectivity index (χ1n) is 11.3. The Kier molecular flexibility index (Phi) is 9.26. The smallest absolute Gasteiger partial charge is 0.163 e. The highest BCUT2D eigenvalue weighted by molar-refractivity contribution is 5.43. The minimum atomic E-state index is -0.848. The van der Waals surface area contributed by atoms with E-state index in [0.29, 0.717) is 30.6 Å². The zero-order valence-electron chi connectivity index (χ0n) is 18.9. The number of hydrogen-bond donors (Lipinski definition) is 2. The molecule has 3 rings (SSSR count). The van der Waals surface area contributed by atoms with Gasteiger partial charge in [-0.25, -0.2) is 8.78 Å². The molecule has 32 heavy (non-hydrogen) atoms. The number of halogens is 2. The lowest BCUT2D eigenvalue weighted by Gasteiger charge is -2.32. The van der Waals surface area contributed by atoms with Crippen LogP contribution in [0.25, 0.3) is 0 Å². The van der Waals surface area contributed by atoms with E-state index in [9.17, 15) is 13.9 Å². The average Bonchev–Trinajstić information content (AvgIpc) is 2.81. The number of aliphatic hydroxyl groups is 1. The Labute approximate surface area is 189 Å². The second-order valence-corrected chi connectivity index (χ2v) is 8.50. The fourth-order valence-electron chi connectivity index (χ4n) is 4.21. The highest BCUT2D eigenvalue weighted by Gasteiger charge is 2.20. The van der Waals surface area contributed by atoms with E-state index in [1.54, 1.807) is 19.2 Å². The molecule has 1 aliphatic rings. The Morgan fingerprint density at radius 2 is 1.88 bits per heavy atom. The highest BCUT2D eigenvalue weighted by Crippen LogP contribution is 2.28. The predicted octanol–water partition coefficient (Wildman–Crippen LogP) is 4.27. The monoisotopic (exact) mass is 448 g/mol. The molecule has 1 atom stereocenters. The number of likely N-dealkylation sites (N-methyl/N-ethyl adjacent to an activating group) is 1. The first kappa shape index (κ1) is 24.4. The van der Waals surface area contributed by atoms with Crippen LogP contribution in [0.5, 0.6) is 11.5 Å². The highest BCUT2D eigenvalue weighted by atomic mass is 19.2. The summed E-state index contributed by atoms with van der Waals surface area (Å²) in [5.74, 6) is -0.547. The van der Waals surface area contributed by atoms with E-state index in [2.05, 4.69) is 17.3 Å². The van der Waals surface area contributed by atoms with Gasteiger partial charge in [0.2, 0.25) is 0 Å². The van der Waals surface area contributed by atoms with Gasteiger partial charge >= 0.3 is 0 Å². The van der Waals surface area contributed by atoms with Gasteiger partial charge in [-0.2, -0.15) is 0 Å². The number of rotatable bonds is 11. The molecular weight excluding hydrogens is 414 g/mol. The van der Waals surface area contributed by atoms with Crippen molar-refractivity contribution in [3.8, 4) is 11.5 Å². The van der Waals surface area contributed by atoms with Gasteiger partial charge in [-0.15, -0.1) is 0 Å². The first-order chi connectivity index (χ1) is 15.5. The van der Waals surface area contributed by atoms with Crippen LogP contribution in [-0.2, 0) is 13.1 Å². The molecule has 2 aromatic carbocycles. The van der Waals surface area contributed by atoms with Crippen LogP contribution >= 0.6 is 0 Å². The van der Waals surface area contributed by atoms with Gasteiger partial charge in [0.25, 0.3) is 0 Å². The summed E-state index contributed by atoms with van der Waals surface area (Å²) in [6, 6.07) is 10.2. The molecule has 7 heteroatoms. The van der Waals surface area contributed by atoms with Gasteiger partial charge in [-0.3, -0.25) is 0 Å². The van der Waals surface area contributed by atoms with Gasteiger partial charge in [0.15, 0.2) is 23.1 Å². The molecule has 0 aliphatic heterocycles. The third-order valence-electron chi connectivity index (χ3n) is 6.03. The van der Waals surface area contributed by atoms with Gasteiger partial charge in [0, 0.05) is 31.2 Å². The number of nitrogens with one attached hydrogen (secondary N) is 1. The van der Waals surface area contributed by atoms with Crippen LogP contribution in [0.3, 0.4) is 0 Å². The molecule has 0 bridgehead atoms. The second kappa shape index (κ2) is 12.1. The van der Waals surface area contributed by atoms with Crippen molar-refractivity contribution in [1.29, 1.82) is 0 Å². The zero-order valence-corrected chi connectivity index (χ0v) is 18.9. The lowest BCUT2D eigenvalue weighted by molar-refractivity contribution is 0.0553. The quantitative estimate of drug-likeness (QED) is 0.538. The molecule has 0 radical (unpaired) electrons. The van der Waals surface area contributed by atoms with Crippen molar-refractivity contribution in [2.24, 2.45) is 0 Å². The summed E-state index contributed by atoms with van der Waals surface area (Å²) in [4.78, 5) is 2.24. The SMILES string of the molecule is COc1cc(CNCc2cccc(F)c2F)ccc1OC[C@H](O)CN(C)C1CCCCC1. The predicted molar refractivity (Wildman–Crippen MR) is 121 cm³/mol. The maximum Gasteiger partial charge on any atom is 0.163 e. The first-order valence-corrected chi connectivity index (χ1v) is 11.3. The van der Waals surface area contributed by atoms with Gasteiger partial charge in [-0.1, -0.05) is 37.5 Å².